The van der Waals surface area contributed by atoms with E-state index in [1.54, 1.807) is 34.0 Å². The summed E-state index contributed by atoms with van der Waals surface area (Å²) >= 11 is 4.85. The molecule has 0 N–H and O–H groups in total. The van der Waals surface area contributed by atoms with Gasteiger partial charge in [0.2, 0.25) is 23.1 Å². The van der Waals surface area contributed by atoms with Gasteiger partial charge >= 0.3 is 0 Å². The van der Waals surface area contributed by atoms with E-state index in [9.17, 15) is 32.3 Å². The average Bonchev–Trinajstić information content (AvgIpc) is 3.82. The second-order valence-corrected chi connectivity index (χ2v) is 18.4. The topological polar surface area (TPSA) is 93.0 Å². The molecular weight excluding hydrogens is 697 g/mol. The van der Waals surface area contributed by atoms with Crippen molar-refractivity contribution in [3.05, 3.63) is 32.3 Å². The summed E-state index contributed by atoms with van der Waals surface area (Å²) in [6, 6.07) is 0. The van der Waals surface area contributed by atoms with Crippen molar-refractivity contribution >= 4 is 99.5 Å². The van der Waals surface area contributed by atoms with E-state index >= 15 is 4.39 Å². The first-order valence-corrected chi connectivity index (χ1v) is 18.9. The fourth-order valence-corrected chi connectivity index (χ4v) is 14.1. The molecule has 254 valence electrons. The number of alkyl halides is 4. The smallest absolute Gasteiger partial charge is 0.243 e. The average molecular weight is 727 g/mol. The zero-order valence-electron chi connectivity index (χ0n) is 26.9. The van der Waals surface area contributed by atoms with Crippen molar-refractivity contribution in [3.63, 3.8) is 0 Å². The summed E-state index contributed by atoms with van der Waals surface area (Å²) in [6.45, 7) is 7.97. The maximum absolute atomic E-state index is 15.1. The van der Waals surface area contributed by atoms with Crippen LogP contribution in [-0.4, -0.2) is 59.2 Å². The Morgan fingerprint density at radius 3 is 1.61 bits per heavy atom. The van der Waals surface area contributed by atoms with Gasteiger partial charge in [0.1, 0.15) is 24.7 Å². The molecule has 3 aromatic rings. The van der Waals surface area contributed by atoms with Crippen LogP contribution in [0, 0.1) is 23.7 Å². The van der Waals surface area contributed by atoms with Crippen LogP contribution in [0.5, 0.6) is 0 Å². The highest BCUT2D eigenvalue weighted by molar-refractivity contribution is 7.39. The molecule has 8 unspecified atom stereocenters. The Morgan fingerprint density at radius 1 is 0.592 bits per heavy atom. The highest BCUT2D eigenvalue weighted by atomic mass is 32.1. The molecular formula is C36H30F4N2O4S3. The minimum absolute atomic E-state index is 0.0386. The summed E-state index contributed by atoms with van der Waals surface area (Å²) in [6.07, 6.45) is -3.40. The number of carbonyl (C=O) groups excluding carboxylic acids is 4. The molecule has 0 saturated heterocycles. The number of Topliss-reactive ketones (excluding diaryl/α,β-unsaturated/α-hetero) is 4. The summed E-state index contributed by atoms with van der Waals surface area (Å²) in [5.74, 6) is -7.27. The SMILES string of the molecule is CC1(C)C(N=C2C(=O)C(=O)C3C(F)CC(F)CC23)=Cc2sc3c(sc4c5c(sc43)C=C(N=C3C(=O)C(=O)C4CC(F)CC(F)C34)C5(C)C)c21. The quantitative estimate of drug-likeness (QED) is 0.198. The lowest BCUT2D eigenvalue weighted by atomic mass is 9.78. The molecule has 3 aromatic heterocycles. The number of nitrogens with zero attached hydrogens (tertiary/aromatic N) is 2. The van der Waals surface area contributed by atoms with E-state index in [1.165, 1.54) is 0 Å². The third kappa shape index (κ3) is 4.15. The molecule has 4 fully saturated rings. The normalized spacial score (nSPS) is 36.2. The number of fused-ring (bicyclic) bond motifs is 9. The lowest BCUT2D eigenvalue weighted by molar-refractivity contribution is -0.136. The number of hydrogen-bond donors (Lipinski definition) is 0. The summed E-state index contributed by atoms with van der Waals surface area (Å²) < 4.78 is 62.7. The van der Waals surface area contributed by atoms with E-state index in [2.05, 4.69) is 4.99 Å². The van der Waals surface area contributed by atoms with Crippen LogP contribution in [0.15, 0.2) is 21.4 Å². The van der Waals surface area contributed by atoms with E-state index in [1.807, 2.05) is 39.8 Å². The predicted octanol–water partition coefficient (Wildman–Crippen LogP) is 8.03. The van der Waals surface area contributed by atoms with Crippen molar-refractivity contribution in [2.24, 2.45) is 33.7 Å². The van der Waals surface area contributed by atoms with Crippen molar-refractivity contribution in [1.29, 1.82) is 0 Å². The molecule has 6 aliphatic rings. The molecule has 9 rings (SSSR count). The molecule has 0 amide bonds. The van der Waals surface area contributed by atoms with Crippen LogP contribution >= 0.6 is 34.0 Å². The fraction of sp³-hybridized carbons (Fsp3) is 0.500. The Kier molecular flexibility index (Phi) is 6.63. The van der Waals surface area contributed by atoms with Crippen LogP contribution in [0.25, 0.3) is 31.0 Å². The largest absolute Gasteiger partial charge is 0.290 e. The molecule has 0 radical (unpaired) electrons. The van der Waals surface area contributed by atoms with Crippen molar-refractivity contribution in [1.82, 2.24) is 0 Å². The Bertz CT molecular complexity index is 2230. The standard InChI is InChI=1S/C36H30F4N2O4S3/c1-35(2)19(41-25-13-5-11(37)8-16(40)22(13)28(44)29(25)45)9-17-23(35)31-33(47-17)34-32(49-31)24-18(48-34)10-20(36(24,3)4)42-26-21-14(27(43)30(26)46)6-12(38)7-15(21)39/h9-16,21-22H,5-8H2,1-4H3. The molecule has 6 aliphatic carbocycles. The Labute approximate surface area is 290 Å². The highest BCUT2D eigenvalue weighted by Crippen LogP contribution is 2.59. The number of thiophene rings is 3. The number of rotatable bonds is 2. The lowest BCUT2D eigenvalue weighted by Crippen LogP contribution is -2.37. The minimum atomic E-state index is -1.70. The maximum Gasteiger partial charge on any atom is 0.243 e. The first kappa shape index (κ1) is 31.8. The van der Waals surface area contributed by atoms with Gasteiger partial charge in [-0.25, -0.2) is 17.6 Å². The third-order valence-corrected chi connectivity index (χ3v) is 15.5. The molecule has 0 aliphatic heterocycles. The number of hydrogen-bond acceptors (Lipinski definition) is 9. The summed E-state index contributed by atoms with van der Waals surface area (Å²) in [5.41, 5.74) is 1.76. The van der Waals surface area contributed by atoms with Crippen LogP contribution in [-0.2, 0) is 30.0 Å². The number of carbonyl (C=O) groups is 4. The van der Waals surface area contributed by atoms with Gasteiger partial charge in [0.15, 0.2) is 0 Å². The number of allylic oxidation sites excluding steroid dienone is 2. The van der Waals surface area contributed by atoms with Crippen molar-refractivity contribution < 1.29 is 36.7 Å². The minimum Gasteiger partial charge on any atom is -0.290 e. The molecule has 4 saturated carbocycles. The van der Waals surface area contributed by atoms with E-state index in [-0.39, 0.29) is 37.1 Å². The molecule has 0 spiro atoms. The predicted molar refractivity (Wildman–Crippen MR) is 184 cm³/mol. The van der Waals surface area contributed by atoms with Crippen molar-refractivity contribution in [2.45, 2.75) is 88.9 Å². The zero-order valence-corrected chi connectivity index (χ0v) is 29.3. The van der Waals surface area contributed by atoms with Gasteiger partial charge in [-0.05, 0) is 36.1 Å². The molecule has 0 aromatic carbocycles. The van der Waals surface area contributed by atoms with E-state index in [0.29, 0.717) is 11.4 Å². The van der Waals surface area contributed by atoms with Crippen molar-refractivity contribution in [3.8, 4) is 0 Å². The molecule has 13 heteroatoms. The van der Waals surface area contributed by atoms with Gasteiger partial charge in [-0.2, -0.15) is 0 Å². The maximum atomic E-state index is 15.1. The molecule has 0 bridgehead atoms. The Balaban J connectivity index is 1.09. The summed E-state index contributed by atoms with van der Waals surface area (Å²) in [4.78, 5) is 62.8. The molecule has 3 heterocycles. The van der Waals surface area contributed by atoms with Gasteiger partial charge in [0.25, 0.3) is 0 Å². The number of halogens is 4. The van der Waals surface area contributed by atoms with Gasteiger partial charge < -0.3 is 0 Å². The van der Waals surface area contributed by atoms with E-state index in [0.717, 1.165) is 39.7 Å². The molecule has 49 heavy (non-hydrogen) atoms. The highest BCUT2D eigenvalue weighted by Gasteiger charge is 2.56. The second kappa shape index (κ2) is 10.2. The van der Waals surface area contributed by atoms with Crippen molar-refractivity contribution in [2.75, 3.05) is 0 Å². The third-order valence-electron chi connectivity index (χ3n) is 11.6. The van der Waals surface area contributed by atoms with Gasteiger partial charge in [0, 0.05) is 51.2 Å². The van der Waals surface area contributed by atoms with Gasteiger partial charge in [0.05, 0.1) is 47.5 Å². The van der Waals surface area contributed by atoms with Crippen LogP contribution in [0.2, 0.25) is 0 Å². The zero-order chi connectivity index (χ0) is 34.6. The lowest BCUT2D eigenvalue weighted by Gasteiger charge is -2.29. The van der Waals surface area contributed by atoms with E-state index in [4.69, 9.17) is 4.99 Å². The number of aliphatic imine (C=N–C) groups is 2. The van der Waals surface area contributed by atoms with Crippen LogP contribution in [0.1, 0.15) is 74.3 Å². The summed E-state index contributed by atoms with van der Waals surface area (Å²) in [7, 11) is 0. The number of ketones is 4. The second-order valence-electron chi connectivity index (χ2n) is 15.2. The Morgan fingerprint density at radius 2 is 1.06 bits per heavy atom. The first-order chi connectivity index (χ1) is 23.1. The molecule has 8 atom stereocenters. The monoisotopic (exact) mass is 726 g/mol. The van der Waals surface area contributed by atoms with Crippen LogP contribution in [0.4, 0.5) is 17.6 Å². The van der Waals surface area contributed by atoms with Crippen LogP contribution < -0.4 is 0 Å². The van der Waals surface area contributed by atoms with Gasteiger partial charge in [-0.15, -0.1) is 34.0 Å². The van der Waals surface area contributed by atoms with E-state index < -0.39 is 82.3 Å². The summed E-state index contributed by atoms with van der Waals surface area (Å²) in [5, 5.41) is 0. The molecule has 6 nitrogen and oxygen atoms in total. The van der Waals surface area contributed by atoms with Crippen LogP contribution in [0.3, 0.4) is 0 Å². The first-order valence-electron chi connectivity index (χ1n) is 16.5. The van der Waals surface area contributed by atoms with Gasteiger partial charge in [-0.3, -0.25) is 29.2 Å². The Hall–Kier alpha value is -3.16. The van der Waals surface area contributed by atoms with Gasteiger partial charge in [-0.1, -0.05) is 27.7 Å². The fourth-order valence-electron chi connectivity index (χ4n) is 9.05.